The summed E-state index contributed by atoms with van der Waals surface area (Å²) in [6, 6.07) is 2.21. The molecule has 1 aliphatic heterocycles. The maximum absolute atomic E-state index is 13.6. The van der Waals surface area contributed by atoms with Gasteiger partial charge in [-0.1, -0.05) is 0 Å². The van der Waals surface area contributed by atoms with Crippen molar-refractivity contribution < 1.29 is 18.4 Å². The third kappa shape index (κ3) is 4.08. The third-order valence-corrected chi connectivity index (χ3v) is 5.23. The maximum Gasteiger partial charge on any atom is 0.254 e. The van der Waals surface area contributed by atoms with Crippen LogP contribution in [0.15, 0.2) is 16.9 Å². The molecule has 1 saturated heterocycles. The van der Waals surface area contributed by atoms with Crippen molar-refractivity contribution in [1.29, 1.82) is 5.26 Å². The number of hydrazine groups is 1. The Morgan fingerprint density at radius 1 is 1.38 bits per heavy atom. The Kier molecular flexibility index (Phi) is 5.59. The minimum Gasteiger partial charge on any atom is -0.346 e. The number of halogens is 2. The number of aromatic nitrogens is 1. The monoisotopic (exact) mass is 404 g/mol. The van der Waals surface area contributed by atoms with Crippen LogP contribution in [0.3, 0.4) is 0 Å². The molecule has 29 heavy (non-hydrogen) atoms. The quantitative estimate of drug-likeness (QED) is 0.668. The lowest BCUT2D eigenvalue weighted by molar-refractivity contribution is -0.656. The number of nitrogens with zero attached hydrogens (tertiary/aromatic N) is 2. The molecule has 1 aliphatic rings. The lowest BCUT2D eigenvalue weighted by Gasteiger charge is -2.23. The summed E-state index contributed by atoms with van der Waals surface area (Å²) >= 11 is 0. The molecule has 2 unspecified atom stereocenters. The number of hydrogen-bond donors (Lipinski definition) is 3. The number of benzene rings is 1. The van der Waals surface area contributed by atoms with Crippen LogP contribution in [0.5, 0.6) is 0 Å². The minimum absolute atomic E-state index is 0.138. The summed E-state index contributed by atoms with van der Waals surface area (Å²) in [5, 5.41) is 11.9. The van der Waals surface area contributed by atoms with Gasteiger partial charge in [-0.2, -0.15) is 5.26 Å². The standard InChI is InChI=1S/C19H19F2N5O3/c1-9-12-5-14(20)15(21)7-16(12)24-19(28)13(9)6-18(27)23-10(2)17-4-3-11(8-22)25-26(17)29/h5,7,10-11,17H,3-4,6H2,1-2H3,(H2-,23,24,25,27,28,29)/p+1/t10-,11?,17?/m1/s1. The number of H-pyrrole nitrogens is 1. The Bertz CT molecular complexity index is 1090. The van der Waals surface area contributed by atoms with E-state index in [1.807, 2.05) is 6.07 Å². The number of aromatic amines is 1. The number of amides is 1. The van der Waals surface area contributed by atoms with Gasteiger partial charge in [0.05, 0.1) is 29.0 Å². The van der Waals surface area contributed by atoms with Crippen molar-refractivity contribution >= 4 is 16.8 Å². The summed E-state index contributed by atoms with van der Waals surface area (Å²) in [6.45, 7) is 3.23. The van der Waals surface area contributed by atoms with Gasteiger partial charge in [0.1, 0.15) is 4.87 Å². The van der Waals surface area contributed by atoms with Crippen molar-refractivity contribution in [2.24, 2.45) is 0 Å². The topological polar surface area (TPSA) is 118 Å². The number of aryl methyl sites for hydroxylation is 1. The molecule has 0 spiro atoms. The highest BCUT2D eigenvalue weighted by molar-refractivity contribution is 5.86. The predicted molar refractivity (Wildman–Crippen MR) is 99.7 cm³/mol. The van der Waals surface area contributed by atoms with Crippen LogP contribution in [-0.4, -0.2) is 33.9 Å². The summed E-state index contributed by atoms with van der Waals surface area (Å²) in [6.07, 6.45) is 0.628. The summed E-state index contributed by atoms with van der Waals surface area (Å²) in [5.74, 6) is -2.61. The smallest absolute Gasteiger partial charge is 0.254 e. The SMILES string of the molecule is Cc1c(CC(=O)N[C@H](C)C2CCC(C#N)N[N+]2=O)c(=O)[nH]c2cc(F)c(F)cc12. The third-order valence-electron chi connectivity index (χ3n) is 5.23. The zero-order valence-electron chi connectivity index (χ0n) is 15.9. The average molecular weight is 404 g/mol. The van der Waals surface area contributed by atoms with Gasteiger partial charge in [0.25, 0.3) is 11.6 Å². The zero-order valence-corrected chi connectivity index (χ0v) is 15.9. The molecule has 3 rings (SSSR count). The molecule has 1 aromatic carbocycles. The van der Waals surface area contributed by atoms with E-state index in [-0.39, 0.29) is 17.5 Å². The van der Waals surface area contributed by atoms with Crippen LogP contribution in [0.2, 0.25) is 0 Å². The molecule has 2 heterocycles. The van der Waals surface area contributed by atoms with Crippen molar-refractivity contribution in [2.75, 3.05) is 0 Å². The second kappa shape index (κ2) is 7.95. The average Bonchev–Trinajstić information content (AvgIpc) is 2.66. The van der Waals surface area contributed by atoms with Crippen LogP contribution in [-0.2, 0) is 11.2 Å². The lowest BCUT2D eigenvalue weighted by Crippen LogP contribution is -2.55. The molecule has 2 aromatic rings. The molecule has 1 aromatic heterocycles. The van der Waals surface area contributed by atoms with E-state index in [2.05, 4.69) is 15.7 Å². The molecule has 0 aliphatic carbocycles. The summed E-state index contributed by atoms with van der Waals surface area (Å²) in [7, 11) is 0. The van der Waals surface area contributed by atoms with E-state index < -0.39 is 41.2 Å². The summed E-state index contributed by atoms with van der Waals surface area (Å²) in [4.78, 5) is 39.9. The summed E-state index contributed by atoms with van der Waals surface area (Å²) < 4.78 is 27.0. The zero-order chi connectivity index (χ0) is 21.3. The fourth-order valence-electron chi connectivity index (χ4n) is 3.58. The number of fused-ring (bicyclic) bond motifs is 1. The van der Waals surface area contributed by atoms with Gasteiger partial charge in [0.15, 0.2) is 17.7 Å². The Morgan fingerprint density at radius 2 is 2.07 bits per heavy atom. The first-order chi connectivity index (χ1) is 13.7. The van der Waals surface area contributed by atoms with Gasteiger partial charge < -0.3 is 10.3 Å². The Morgan fingerprint density at radius 3 is 2.72 bits per heavy atom. The second-order valence-electron chi connectivity index (χ2n) is 7.18. The number of rotatable bonds is 4. The van der Waals surface area contributed by atoms with Crippen LogP contribution in [0, 0.1) is 34.8 Å². The predicted octanol–water partition coefficient (Wildman–Crippen LogP) is 1.50. The highest BCUT2D eigenvalue weighted by atomic mass is 19.2. The number of nitroso groups, excluding NO2 is 1. The Balaban J connectivity index is 1.76. The fraction of sp³-hybridized carbons (Fsp3) is 0.421. The second-order valence-corrected chi connectivity index (χ2v) is 7.18. The van der Waals surface area contributed by atoms with Crippen LogP contribution in [0.4, 0.5) is 8.78 Å². The number of carbonyl (C=O) groups excluding carboxylic acids is 1. The van der Waals surface area contributed by atoms with Crippen molar-refractivity contribution in [3.8, 4) is 6.07 Å². The Hall–Kier alpha value is -3.35. The number of hydrogen-bond acceptors (Lipinski definition) is 4. The van der Waals surface area contributed by atoms with Crippen molar-refractivity contribution in [1.82, 2.24) is 15.7 Å². The lowest BCUT2D eigenvalue weighted by atomic mass is 9.98. The normalized spacial score (nSPS) is 20.0. The molecular weight excluding hydrogens is 384 g/mol. The molecule has 152 valence electrons. The van der Waals surface area contributed by atoms with E-state index in [0.29, 0.717) is 28.7 Å². The maximum atomic E-state index is 13.6. The number of pyridine rings is 1. The molecule has 3 atom stereocenters. The van der Waals surface area contributed by atoms with Gasteiger partial charge in [-0.15, -0.1) is 5.43 Å². The van der Waals surface area contributed by atoms with E-state index >= 15 is 0 Å². The first-order valence-corrected chi connectivity index (χ1v) is 9.13. The van der Waals surface area contributed by atoms with Crippen LogP contribution >= 0.6 is 0 Å². The van der Waals surface area contributed by atoms with E-state index in [1.165, 1.54) is 0 Å². The number of nitrogens with one attached hydrogen (secondary N) is 3. The molecule has 10 heteroatoms. The number of carbonyl (C=O) groups is 1. The minimum atomic E-state index is -1.08. The first-order valence-electron chi connectivity index (χ1n) is 9.13. The van der Waals surface area contributed by atoms with Crippen LogP contribution in [0.1, 0.15) is 30.9 Å². The van der Waals surface area contributed by atoms with E-state index in [9.17, 15) is 23.3 Å². The molecule has 3 N–H and O–H groups in total. The van der Waals surface area contributed by atoms with Gasteiger partial charge in [0, 0.05) is 23.4 Å². The van der Waals surface area contributed by atoms with Gasteiger partial charge in [-0.05, 0) is 31.9 Å². The molecule has 1 fully saturated rings. The highest BCUT2D eigenvalue weighted by Crippen LogP contribution is 2.21. The van der Waals surface area contributed by atoms with Gasteiger partial charge >= 0.3 is 0 Å². The Labute approximate surface area is 164 Å². The first kappa shape index (κ1) is 20.4. The van der Waals surface area contributed by atoms with E-state index in [1.54, 1.807) is 13.8 Å². The van der Waals surface area contributed by atoms with Crippen molar-refractivity contribution in [2.45, 2.75) is 51.2 Å². The molecule has 1 amide bonds. The molecular formula is C19H20F2N5O3+. The summed E-state index contributed by atoms with van der Waals surface area (Å²) in [5.41, 5.74) is 2.61. The molecule has 0 radical (unpaired) electrons. The van der Waals surface area contributed by atoms with Crippen LogP contribution < -0.4 is 16.3 Å². The van der Waals surface area contributed by atoms with Crippen LogP contribution in [0.25, 0.3) is 10.9 Å². The molecule has 0 saturated carbocycles. The highest BCUT2D eigenvalue weighted by Gasteiger charge is 2.39. The largest absolute Gasteiger partial charge is 0.346 e. The molecule has 0 bridgehead atoms. The van der Waals surface area contributed by atoms with Gasteiger partial charge in [0.2, 0.25) is 5.91 Å². The molecule has 8 nitrogen and oxygen atoms in total. The van der Waals surface area contributed by atoms with E-state index in [0.717, 1.165) is 12.1 Å². The van der Waals surface area contributed by atoms with Gasteiger partial charge in [-0.3, -0.25) is 9.59 Å². The van der Waals surface area contributed by atoms with Crippen molar-refractivity contribution in [3.05, 3.63) is 50.2 Å². The van der Waals surface area contributed by atoms with E-state index in [4.69, 9.17) is 5.26 Å². The fourth-order valence-corrected chi connectivity index (χ4v) is 3.58. The van der Waals surface area contributed by atoms with Gasteiger partial charge in [-0.25, -0.2) is 8.78 Å². The van der Waals surface area contributed by atoms with Crippen molar-refractivity contribution in [3.63, 3.8) is 0 Å². The number of nitriles is 1.